The van der Waals surface area contributed by atoms with Crippen LogP contribution >= 0.6 is 0 Å². The number of carboxylic acid groups (broad SMARTS) is 2. The molecule has 1 rings (SSSR count). The Hall–Kier alpha value is -2.43. The second-order valence-corrected chi connectivity index (χ2v) is 2.87. The molecule has 0 aromatic carbocycles. The van der Waals surface area contributed by atoms with E-state index in [0.29, 0.717) is 5.56 Å². The number of nitrogens with zero attached hydrogens (tertiary/aromatic N) is 1. The molecule has 1 heterocycles. The fourth-order valence-corrected chi connectivity index (χ4v) is 1.30. The van der Waals surface area contributed by atoms with Gasteiger partial charge in [0.2, 0.25) is 0 Å². The molecule has 1 aromatic heterocycles. The Balaban J connectivity index is 3.69. The van der Waals surface area contributed by atoms with Crippen molar-refractivity contribution in [1.29, 1.82) is 0 Å². The maximum absolute atomic E-state index is 11.0. The minimum Gasteiger partial charge on any atom is -0.478 e. The van der Waals surface area contributed by atoms with Crippen molar-refractivity contribution in [3.05, 3.63) is 41.7 Å². The molecule has 0 aliphatic heterocycles. The number of carboxylic acids is 2. The zero-order valence-electron chi connectivity index (χ0n) is 8.30. The van der Waals surface area contributed by atoms with Crippen molar-refractivity contribution in [2.45, 2.75) is 0 Å². The molecule has 16 heavy (non-hydrogen) atoms. The Bertz CT molecular complexity index is 491. The monoisotopic (exact) mass is 219 g/mol. The lowest BCUT2D eigenvalue weighted by Crippen LogP contribution is -2.13. The summed E-state index contributed by atoms with van der Waals surface area (Å²) in [5.74, 6) is -2.75. The first-order valence-corrected chi connectivity index (χ1v) is 4.27. The minimum absolute atomic E-state index is 0.204. The van der Waals surface area contributed by atoms with Crippen LogP contribution in [0.4, 0.5) is 0 Å². The van der Waals surface area contributed by atoms with Crippen molar-refractivity contribution in [3.8, 4) is 0 Å². The largest absolute Gasteiger partial charge is 0.478 e. The molecular formula is C11H9NO4. The summed E-state index contributed by atoms with van der Waals surface area (Å²) < 4.78 is 0. The summed E-state index contributed by atoms with van der Waals surface area (Å²) in [5.41, 5.74) is -0.250. The number of pyridine rings is 1. The lowest BCUT2D eigenvalue weighted by molar-refractivity contribution is 0.0646. The van der Waals surface area contributed by atoms with Crippen molar-refractivity contribution in [2.24, 2.45) is 0 Å². The molecule has 2 N–H and O–H groups in total. The van der Waals surface area contributed by atoms with E-state index in [1.54, 1.807) is 0 Å². The van der Waals surface area contributed by atoms with Gasteiger partial charge in [-0.3, -0.25) is 0 Å². The molecule has 0 aliphatic carbocycles. The van der Waals surface area contributed by atoms with E-state index in [0.717, 1.165) is 0 Å². The summed E-state index contributed by atoms with van der Waals surface area (Å²) in [6, 6.07) is 0. The SMILES string of the molecule is C=Cc1cnc(C(=O)O)c(C(=O)O)c1C=C. The molecule has 0 spiro atoms. The highest BCUT2D eigenvalue weighted by molar-refractivity contribution is 6.03. The van der Waals surface area contributed by atoms with E-state index >= 15 is 0 Å². The van der Waals surface area contributed by atoms with Gasteiger partial charge in [0.1, 0.15) is 5.56 Å². The van der Waals surface area contributed by atoms with Crippen molar-refractivity contribution in [2.75, 3.05) is 0 Å². The van der Waals surface area contributed by atoms with E-state index in [4.69, 9.17) is 10.2 Å². The van der Waals surface area contributed by atoms with Crippen LogP contribution in [0.15, 0.2) is 19.4 Å². The zero-order valence-corrected chi connectivity index (χ0v) is 8.30. The number of aromatic carboxylic acids is 2. The van der Waals surface area contributed by atoms with Gasteiger partial charge >= 0.3 is 11.9 Å². The van der Waals surface area contributed by atoms with E-state index in [1.807, 2.05) is 0 Å². The predicted molar refractivity (Wildman–Crippen MR) is 58.3 cm³/mol. The van der Waals surface area contributed by atoms with Crippen molar-refractivity contribution in [3.63, 3.8) is 0 Å². The summed E-state index contributed by atoms with van der Waals surface area (Å²) in [6.07, 6.45) is 3.91. The van der Waals surface area contributed by atoms with Gasteiger partial charge in [-0.15, -0.1) is 0 Å². The second kappa shape index (κ2) is 4.39. The molecule has 0 fully saturated rings. The van der Waals surface area contributed by atoms with Gasteiger partial charge in [-0.2, -0.15) is 0 Å². The molecule has 0 amide bonds. The third kappa shape index (κ3) is 1.83. The standard InChI is InChI=1S/C11H9NO4/c1-3-6-5-12-9(11(15)16)8(10(13)14)7(6)4-2/h3-5H,1-2H2,(H,13,14)(H,15,16). The summed E-state index contributed by atoms with van der Waals surface area (Å²) in [7, 11) is 0. The molecule has 0 aliphatic rings. The Morgan fingerprint density at radius 2 is 1.81 bits per heavy atom. The van der Waals surface area contributed by atoms with E-state index in [-0.39, 0.29) is 11.1 Å². The summed E-state index contributed by atoms with van der Waals surface area (Å²) in [4.78, 5) is 25.4. The van der Waals surface area contributed by atoms with Crippen LogP contribution in [0.3, 0.4) is 0 Å². The zero-order chi connectivity index (χ0) is 12.3. The van der Waals surface area contributed by atoms with Crippen LogP contribution in [-0.2, 0) is 0 Å². The number of carbonyl (C=O) groups is 2. The minimum atomic E-state index is -1.39. The first kappa shape index (κ1) is 11.6. The number of hydrogen-bond acceptors (Lipinski definition) is 3. The Morgan fingerprint density at radius 3 is 2.19 bits per heavy atom. The van der Waals surface area contributed by atoms with E-state index in [2.05, 4.69) is 18.1 Å². The molecule has 1 aromatic rings. The first-order chi connectivity index (χ1) is 7.52. The normalized spacial score (nSPS) is 9.50. The van der Waals surface area contributed by atoms with Crippen LogP contribution in [0.2, 0.25) is 0 Å². The average molecular weight is 219 g/mol. The lowest BCUT2D eigenvalue weighted by Gasteiger charge is -2.07. The third-order valence-corrected chi connectivity index (χ3v) is 1.99. The number of rotatable bonds is 4. The van der Waals surface area contributed by atoms with E-state index in [1.165, 1.54) is 18.3 Å². The van der Waals surface area contributed by atoms with Gasteiger partial charge < -0.3 is 10.2 Å². The molecule has 0 saturated carbocycles. The van der Waals surface area contributed by atoms with Gasteiger partial charge in [-0.1, -0.05) is 25.3 Å². The highest BCUT2D eigenvalue weighted by Crippen LogP contribution is 2.20. The summed E-state index contributed by atoms with van der Waals surface area (Å²) in [5, 5.41) is 17.8. The Kier molecular flexibility index (Phi) is 3.20. The highest BCUT2D eigenvalue weighted by atomic mass is 16.4. The van der Waals surface area contributed by atoms with Crippen LogP contribution in [0.25, 0.3) is 12.2 Å². The van der Waals surface area contributed by atoms with E-state index in [9.17, 15) is 9.59 Å². The first-order valence-electron chi connectivity index (χ1n) is 4.27. The Labute approximate surface area is 91.4 Å². The third-order valence-electron chi connectivity index (χ3n) is 1.99. The van der Waals surface area contributed by atoms with Crippen molar-refractivity contribution in [1.82, 2.24) is 4.98 Å². The molecule has 0 unspecified atom stereocenters. The molecular weight excluding hydrogens is 210 g/mol. The maximum atomic E-state index is 11.0. The van der Waals surface area contributed by atoms with Gasteiger partial charge in [-0.05, 0) is 5.56 Å². The fraction of sp³-hybridized carbons (Fsp3) is 0. The summed E-state index contributed by atoms with van der Waals surface area (Å²) in [6.45, 7) is 6.94. The van der Waals surface area contributed by atoms with Crippen LogP contribution < -0.4 is 0 Å². The highest BCUT2D eigenvalue weighted by Gasteiger charge is 2.22. The van der Waals surface area contributed by atoms with Gasteiger partial charge in [0, 0.05) is 11.8 Å². The van der Waals surface area contributed by atoms with Crippen LogP contribution in [0, 0.1) is 0 Å². The fourth-order valence-electron chi connectivity index (χ4n) is 1.30. The van der Waals surface area contributed by atoms with Gasteiger partial charge in [-0.25, -0.2) is 14.6 Å². The molecule has 82 valence electrons. The van der Waals surface area contributed by atoms with Crippen molar-refractivity contribution < 1.29 is 19.8 Å². The number of hydrogen-bond donors (Lipinski definition) is 2. The van der Waals surface area contributed by atoms with Gasteiger partial charge in [0.15, 0.2) is 5.69 Å². The molecule has 0 bridgehead atoms. The maximum Gasteiger partial charge on any atom is 0.355 e. The molecule has 0 saturated heterocycles. The Morgan fingerprint density at radius 1 is 1.19 bits per heavy atom. The molecule has 0 radical (unpaired) electrons. The average Bonchev–Trinajstić information content (AvgIpc) is 2.26. The van der Waals surface area contributed by atoms with Crippen LogP contribution in [-0.4, -0.2) is 27.1 Å². The van der Waals surface area contributed by atoms with E-state index < -0.39 is 17.6 Å². The van der Waals surface area contributed by atoms with Crippen molar-refractivity contribution >= 4 is 24.1 Å². The number of aromatic nitrogens is 1. The molecule has 0 atom stereocenters. The topological polar surface area (TPSA) is 87.5 Å². The molecule has 5 nitrogen and oxygen atoms in total. The predicted octanol–water partition coefficient (Wildman–Crippen LogP) is 1.76. The van der Waals surface area contributed by atoms with Crippen LogP contribution in [0.1, 0.15) is 32.0 Å². The van der Waals surface area contributed by atoms with Crippen LogP contribution in [0.5, 0.6) is 0 Å². The lowest BCUT2D eigenvalue weighted by atomic mass is 10.0. The smallest absolute Gasteiger partial charge is 0.355 e. The van der Waals surface area contributed by atoms with Gasteiger partial charge in [0.25, 0.3) is 0 Å². The summed E-state index contributed by atoms with van der Waals surface area (Å²) >= 11 is 0. The second-order valence-electron chi connectivity index (χ2n) is 2.87. The van der Waals surface area contributed by atoms with Gasteiger partial charge in [0.05, 0.1) is 0 Å². The molecule has 5 heteroatoms. The quantitative estimate of drug-likeness (QED) is 0.805.